The van der Waals surface area contributed by atoms with Crippen molar-refractivity contribution in [3.63, 3.8) is 0 Å². The number of hydrogen-bond donors (Lipinski definition) is 2. The molecule has 0 fully saturated rings. The molecule has 0 atom stereocenters. The molecule has 0 bridgehead atoms. The van der Waals surface area contributed by atoms with Gasteiger partial charge in [-0.1, -0.05) is 24.3 Å². The molecule has 2 heterocycles. The summed E-state index contributed by atoms with van der Waals surface area (Å²) in [6.07, 6.45) is 1.25. The van der Waals surface area contributed by atoms with Gasteiger partial charge in [0.05, 0.1) is 11.4 Å². The number of para-hydroxylation sites is 1. The van der Waals surface area contributed by atoms with Crippen LogP contribution in [0.25, 0.3) is 0 Å². The van der Waals surface area contributed by atoms with E-state index in [9.17, 15) is 15.0 Å². The normalized spacial score (nSPS) is 9.03. The number of hydrogen-bond acceptors (Lipinski definition) is 6. The number of aliphatic carboxylic acids is 1. The molecule has 10 nitrogen and oxygen atoms in total. The van der Waals surface area contributed by atoms with Gasteiger partial charge in [-0.25, -0.2) is 0 Å². The second-order valence-electron chi connectivity index (χ2n) is 6.08. The number of nitrogens with zero attached hydrogens (tertiary/aromatic N) is 3. The minimum Gasteiger partial charge on any atom is -0.872 e. The number of carboxylic acid groups (broad SMARTS) is 1. The van der Waals surface area contributed by atoms with E-state index in [2.05, 4.69) is 25.4 Å². The number of benzene rings is 1. The number of H-pyrrole nitrogens is 2. The summed E-state index contributed by atoms with van der Waals surface area (Å²) in [5, 5.41) is 34.6. The van der Waals surface area contributed by atoms with Gasteiger partial charge in [0.25, 0.3) is 0 Å². The molecular formula is C20H29CuN5O5. The van der Waals surface area contributed by atoms with E-state index in [1.165, 1.54) is 12.3 Å². The van der Waals surface area contributed by atoms with Crippen LogP contribution < -0.4 is 10.2 Å². The second-order valence-corrected chi connectivity index (χ2v) is 6.08. The zero-order valence-electron chi connectivity index (χ0n) is 17.8. The minimum atomic E-state index is -1.14. The van der Waals surface area contributed by atoms with E-state index in [4.69, 9.17) is 0 Å². The summed E-state index contributed by atoms with van der Waals surface area (Å²) in [6.45, 7) is 8.03. The molecule has 31 heavy (non-hydrogen) atoms. The largest absolute Gasteiger partial charge is 2.00 e. The average molecular weight is 483 g/mol. The van der Waals surface area contributed by atoms with Gasteiger partial charge in [0.1, 0.15) is 0 Å². The number of rotatable bonds is 4. The minimum absolute atomic E-state index is 0. The number of carboxylic acids is 1. The molecule has 6 N–H and O–H groups in total. The molecule has 0 aliphatic carbocycles. The van der Waals surface area contributed by atoms with Crippen molar-refractivity contribution >= 4 is 12.2 Å². The van der Waals surface area contributed by atoms with Crippen LogP contribution in [-0.4, -0.2) is 50.1 Å². The number of carbonyl (C=O) groups is 1. The Balaban J connectivity index is -0.000000394. The molecule has 3 rings (SSSR count). The third-order valence-electron chi connectivity index (χ3n) is 3.26. The number of aromatic nitrogens is 4. The molecule has 0 amide bonds. The van der Waals surface area contributed by atoms with Gasteiger partial charge in [-0.3, -0.25) is 15.2 Å². The summed E-state index contributed by atoms with van der Waals surface area (Å²) >= 11 is 0. The third kappa shape index (κ3) is 15.5. The van der Waals surface area contributed by atoms with E-state index in [-0.39, 0.29) is 46.7 Å². The van der Waals surface area contributed by atoms with Crippen LogP contribution in [-0.2, 0) is 21.9 Å². The van der Waals surface area contributed by atoms with Crippen molar-refractivity contribution in [2.45, 2.75) is 34.1 Å². The quantitative estimate of drug-likeness (QED) is 0.380. The Morgan fingerprint density at radius 3 is 1.81 bits per heavy atom. The van der Waals surface area contributed by atoms with Gasteiger partial charge in [-0.05, 0) is 45.4 Å². The molecule has 11 heteroatoms. The second kappa shape index (κ2) is 17.8. The van der Waals surface area contributed by atoms with Gasteiger partial charge in [0, 0.05) is 36.5 Å². The molecule has 175 valence electrons. The molecule has 0 unspecified atom stereocenters. The maximum absolute atomic E-state index is 11.1. The van der Waals surface area contributed by atoms with Crippen molar-refractivity contribution in [2.75, 3.05) is 6.54 Å². The number of aliphatic imine (C=N–C) groups is 1. The Labute approximate surface area is 191 Å². The zero-order chi connectivity index (χ0) is 20.9. The van der Waals surface area contributed by atoms with E-state index < -0.39 is 5.97 Å². The molecule has 1 radical (unpaired) electrons. The van der Waals surface area contributed by atoms with Crippen LogP contribution >= 0.6 is 0 Å². The Kier molecular flexibility index (Phi) is 18.8. The predicted molar refractivity (Wildman–Crippen MR) is 111 cm³/mol. The molecule has 3 aromatic rings. The van der Waals surface area contributed by atoms with Gasteiger partial charge in [0.2, 0.25) is 0 Å². The smallest absolute Gasteiger partial charge is 0.872 e. The summed E-state index contributed by atoms with van der Waals surface area (Å²) in [5.41, 5.74) is 4.82. The van der Waals surface area contributed by atoms with Gasteiger partial charge in [-0.15, -0.1) is 5.75 Å². The predicted octanol–water partition coefficient (Wildman–Crippen LogP) is -0.280. The number of aromatic amines is 2. The summed E-state index contributed by atoms with van der Waals surface area (Å²) in [5.74, 6) is -1.26. The third-order valence-corrected chi connectivity index (χ3v) is 3.26. The van der Waals surface area contributed by atoms with Crippen molar-refractivity contribution in [1.82, 2.24) is 20.4 Å². The van der Waals surface area contributed by atoms with Gasteiger partial charge in [0.15, 0.2) is 0 Å². The van der Waals surface area contributed by atoms with Gasteiger partial charge >= 0.3 is 17.1 Å². The van der Waals surface area contributed by atoms with Crippen molar-refractivity contribution in [3.8, 4) is 5.75 Å². The molecule has 2 aromatic heterocycles. The standard InChI is InChI=1S/C10H11NO3.2C5H8N2.Cu.2H2O/c12-9-4-2-1-3-8(9)7-11-6-5-10(13)14;2*1-4-3-5(2)7-6-4;;;/h1-4,7,12H,5-6H2,(H,13,14);2*3H,1-2H3,(H,6,7);;2*1H2/q;;;+2;;/p-2. The van der Waals surface area contributed by atoms with Crippen molar-refractivity contribution in [1.29, 1.82) is 0 Å². The van der Waals surface area contributed by atoms with Crippen molar-refractivity contribution in [3.05, 3.63) is 64.7 Å². The van der Waals surface area contributed by atoms with Crippen LogP contribution in [0.15, 0.2) is 41.4 Å². The van der Waals surface area contributed by atoms with Crippen LogP contribution in [0.3, 0.4) is 0 Å². The van der Waals surface area contributed by atoms with Crippen LogP contribution in [0.4, 0.5) is 0 Å². The fourth-order valence-corrected chi connectivity index (χ4v) is 2.01. The van der Waals surface area contributed by atoms with E-state index in [1.54, 1.807) is 18.2 Å². The van der Waals surface area contributed by atoms with Crippen LogP contribution in [0.1, 0.15) is 34.8 Å². The average Bonchev–Trinajstić information content (AvgIpc) is 3.20. The molecule has 0 saturated carbocycles. The number of nitrogens with one attached hydrogen (secondary N) is 2. The Morgan fingerprint density at radius 1 is 1.00 bits per heavy atom. The Bertz CT molecular complexity index is 824. The van der Waals surface area contributed by atoms with E-state index in [0.717, 1.165) is 22.8 Å². The number of carbonyl (C=O) groups excluding carboxylic acids is 1. The Morgan fingerprint density at radius 2 is 1.48 bits per heavy atom. The number of aryl methyl sites for hydroxylation is 4. The maximum Gasteiger partial charge on any atom is 2.00 e. The zero-order valence-corrected chi connectivity index (χ0v) is 18.8. The maximum atomic E-state index is 11.1. The van der Waals surface area contributed by atoms with Crippen molar-refractivity contribution < 1.29 is 43.0 Å². The van der Waals surface area contributed by atoms with E-state index in [0.29, 0.717) is 5.56 Å². The van der Waals surface area contributed by atoms with E-state index in [1.807, 2.05) is 39.8 Å². The van der Waals surface area contributed by atoms with Gasteiger partial charge < -0.3 is 26.0 Å². The fourth-order valence-electron chi connectivity index (χ4n) is 2.01. The summed E-state index contributed by atoms with van der Waals surface area (Å²) in [4.78, 5) is 13.8. The van der Waals surface area contributed by atoms with E-state index >= 15 is 0 Å². The SMILES string of the molecule is Cc1cc(C)[nH]n1.Cc1cc(C)[nH]n1.O.O.O=C([O-])CCN=Cc1ccccc1[O-].[Cu+2]. The first-order valence-electron chi connectivity index (χ1n) is 8.71. The molecular weight excluding hydrogens is 454 g/mol. The topological polar surface area (TPSA) is 196 Å². The summed E-state index contributed by atoms with van der Waals surface area (Å²) in [7, 11) is 0. The van der Waals surface area contributed by atoms with Crippen molar-refractivity contribution in [2.24, 2.45) is 4.99 Å². The van der Waals surface area contributed by atoms with Crippen LogP contribution in [0.5, 0.6) is 5.75 Å². The molecule has 0 spiro atoms. The summed E-state index contributed by atoms with van der Waals surface area (Å²) < 4.78 is 0. The summed E-state index contributed by atoms with van der Waals surface area (Å²) in [6, 6.07) is 10.4. The molecule has 1 aromatic carbocycles. The Hall–Kier alpha value is -2.98. The molecule has 0 aliphatic rings. The van der Waals surface area contributed by atoms with Crippen LogP contribution in [0, 0.1) is 27.7 Å². The fraction of sp³-hybridized carbons (Fsp3) is 0.300. The van der Waals surface area contributed by atoms with Gasteiger partial charge in [-0.2, -0.15) is 10.2 Å². The first kappa shape index (κ1) is 32.7. The molecule has 0 aliphatic heterocycles. The first-order valence-corrected chi connectivity index (χ1v) is 8.71. The monoisotopic (exact) mass is 482 g/mol. The van der Waals surface area contributed by atoms with Crippen LogP contribution in [0.2, 0.25) is 0 Å². The molecule has 0 saturated heterocycles. The first-order chi connectivity index (χ1) is 13.3.